The van der Waals surface area contributed by atoms with E-state index in [4.69, 9.17) is 0 Å². The maximum atomic E-state index is 2.67. The zero-order chi connectivity index (χ0) is 14.7. The molecule has 1 nitrogen and oxygen atoms in total. The Hall–Kier alpha value is 0.885. The van der Waals surface area contributed by atoms with Gasteiger partial charge < -0.3 is 4.81 Å². The Bertz CT molecular complexity index is 288. The summed E-state index contributed by atoms with van der Waals surface area (Å²) in [6.45, 7) is 7.34. The Morgan fingerprint density at radius 3 is 1.90 bits per heavy atom. The van der Waals surface area contributed by atoms with Crippen LogP contribution in [0, 0.1) is 0 Å². The zero-order valence-corrected chi connectivity index (χ0v) is 16.1. The summed E-state index contributed by atoms with van der Waals surface area (Å²) in [5.74, 6) is 0. The van der Waals surface area contributed by atoms with Crippen molar-refractivity contribution in [3.63, 3.8) is 0 Å². The van der Waals surface area contributed by atoms with Crippen LogP contribution in [0.5, 0.6) is 0 Å². The molecule has 2 saturated heterocycles. The number of nitrogens with zero attached hydrogens (tertiary/aromatic N) is 1. The van der Waals surface area contributed by atoms with Crippen molar-refractivity contribution in [2.75, 3.05) is 20.3 Å². The highest BCUT2D eigenvalue weighted by Gasteiger charge is 2.47. The molecule has 1 unspecified atom stereocenters. The van der Waals surface area contributed by atoms with Crippen LogP contribution in [0.3, 0.4) is 0 Å². The Labute approximate surface area is 130 Å². The first-order chi connectivity index (χ1) is 9.63. The minimum absolute atomic E-state index is 0.236. The molecule has 4 atom stereocenters. The number of hydrogen-bond donors (Lipinski definition) is 0. The van der Waals surface area contributed by atoms with Crippen LogP contribution in [-0.4, -0.2) is 48.3 Å². The fourth-order valence-electron chi connectivity index (χ4n) is 4.52. The molecule has 0 aromatic heterocycles. The van der Waals surface area contributed by atoms with Crippen molar-refractivity contribution in [2.24, 2.45) is 0 Å². The quantitative estimate of drug-likeness (QED) is 0.467. The van der Waals surface area contributed by atoms with Crippen LogP contribution in [0.4, 0.5) is 0 Å². The molecule has 2 aliphatic rings. The zero-order valence-electron chi connectivity index (χ0n) is 14.3. The van der Waals surface area contributed by atoms with Gasteiger partial charge in [0.15, 0.2) is 0 Å². The molecule has 0 spiro atoms. The van der Waals surface area contributed by atoms with E-state index in [0.29, 0.717) is 0 Å². The molecular formula is C16H34BNP2. The van der Waals surface area contributed by atoms with Crippen molar-refractivity contribution in [3.8, 4) is 0 Å². The van der Waals surface area contributed by atoms with Gasteiger partial charge in [0.1, 0.15) is 0 Å². The van der Waals surface area contributed by atoms with Gasteiger partial charge in [0.2, 0.25) is 0 Å². The van der Waals surface area contributed by atoms with Crippen molar-refractivity contribution in [3.05, 3.63) is 0 Å². The molecule has 20 heavy (non-hydrogen) atoms. The van der Waals surface area contributed by atoms with Gasteiger partial charge >= 0.3 is 0 Å². The van der Waals surface area contributed by atoms with Gasteiger partial charge in [-0.2, -0.15) is 0 Å². The average Bonchev–Trinajstić information content (AvgIpc) is 3.05. The number of rotatable bonds is 6. The van der Waals surface area contributed by atoms with E-state index in [1.807, 2.05) is 0 Å². The maximum Gasteiger partial charge on any atom is 0.282 e. The van der Waals surface area contributed by atoms with Crippen molar-refractivity contribution < 1.29 is 0 Å². The van der Waals surface area contributed by atoms with Gasteiger partial charge in [0, 0.05) is 0 Å². The van der Waals surface area contributed by atoms with Crippen LogP contribution in [0.1, 0.15) is 65.7 Å². The fourth-order valence-corrected chi connectivity index (χ4v) is 14.7. The van der Waals surface area contributed by atoms with E-state index in [2.05, 4.69) is 39.7 Å². The monoisotopic (exact) mass is 313 g/mol. The van der Waals surface area contributed by atoms with E-state index >= 15 is 0 Å². The molecule has 0 bridgehead atoms. The third-order valence-electron chi connectivity index (χ3n) is 5.54. The maximum absolute atomic E-state index is 2.67. The topological polar surface area (TPSA) is 3.24 Å². The highest BCUT2D eigenvalue weighted by atomic mass is 31.2. The molecule has 0 saturated carbocycles. The Morgan fingerprint density at radius 1 is 0.900 bits per heavy atom. The molecule has 0 N–H and O–H groups in total. The van der Waals surface area contributed by atoms with Crippen LogP contribution >= 0.6 is 15.6 Å². The molecule has 2 aliphatic heterocycles. The van der Waals surface area contributed by atoms with Crippen LogP contribution in [-0.2, 0) is 0 Å². The minimum Gasteiger partial charge on any atom is -0.340 e. The van der Waals surface area contributed by atoms with Crippen molar-refractivity contribution in [1.29, 1.82) is 0 Å². The molecule has 4 heteroatoms. The molecule has 2 heterocycles. The summed E-state index contributed by atoms with van der Waals surface area (Å²) >= 11 is 0. The predicted molar refractivity (Wildman–Crippen MR) is 98.9 cm³/mol. The highest BCUT2D eigenvalue weighted by Crippen LogP contribution is 2.70. The van der Waals surface area contributed by atoms with Gasteiger partial charge in [-0.15, -0.1) is 15.6 Å². The smallest absolute Gasteiger partial charge is 0.282 e. The second-order valence-corrected chi connectivity index (χ2v) is 12.8. The van der Waals surface area contributed by atoms with E-state index in [0.717, 1.165) is 23.3 Å². The molecule has 0 radical (unpaired) electrons. The highest BCUT2D eigenvalue weighted by molar-refractivity contribution is 8.20. The van der Waals surface area contributed by atoms with Gasteiger partial charge in [0.05, 0.1) is 0 Å². The molecule has 2 rings (SSSR count). The van der Waals surface area contributed by atoms with Crippen LogP contribution in [0.2, 0.25) is 0 Å². The molecule has 0 aliphatic carbocycles. The normalized spacial score (nSPS) is 35.1. The van der Waals surface area contributed by atoms with Crippen LogP contribution in [0.15, 0.2) is 0 Å². The Balaban J connectivity index is 2.22. The molecule has 0 aromatic rings. The summed E-state index contributed by atoms with van der Waals surface area (Å²) in [7, 11) is 5.28. The largest absolute Gasteiger partial charge is 0.340 e. The lowest BCUT2D eigenvalue weighted by atomic mass is 10.1. The predicted octanol–water partition coefficient (Wildman–Crippen LogP) is 5.42. The summed E-state index contributed by atoms with van der Waals surface area (Å²) < 4.78 is 0. The Kier molecular flexibility index (Phi) is 6.85. The first-order valence-corrected chi connectivity index (χ1v) is 12.0. The molecule has 0 aromatic carbocycles. The second-order valence-electron chi connectivity index (χ2n) is 6.90. The van der Waals surface area contributed by atoms with Gasteiger partial charge in [-0.3, -0.25) is 0 Å². The van der Waals surface area contributed by atoms with Gasteiger partial charge in [-0.25, -0.2) is 0 Å². The van der Waals surface area contributed by atoms with E-state index in [1.54, 1.807) is 6.16 Å². The van der Waals surface area contributed by atoms with Gasteiger partial charge in [0.25, 0.3) is 6.29 Å². The fraction of sp³-hybridized carbons (Fsp3) is 1.00. The molecular weight excluding hydrogens is 279 g/mol. The molecule has 2 fully saturated rings. The minimum atomic E-state index is 0.236. The van der Waals surface area contributed by atoms with Crippen molar-refractivity contribution in [2.45, 2.75) is 82.7 Å². The molecule has 116 valence electrons. The van der Waals surface area contributed by atoms with Crippen molar-refractivity contribution in [1.82, 2.24) is 4.81 Å². The Morgan fingerprint density at radius 2 is 1.45 bits per heavy atom. The summed E-state index contributed by atoms with van der Waals surface area (Å²) in [4.78, 5) is 2.67. The standard InChI is InChI=1S/C16H34BNP2/c1-6-14-10-9-13-19(14)17(18(4)5)20-15(7-2)11-12-16(20)8-3/h14-16H,6-13H2,1-5H3/t14-,15-,16-,19?/m1/s1. The van der Waals surface area contributed by atoms with Gasteiger partial charge in [-0.1, -0.05) is 27.2 Å². The first kappa shape index (κ1) is 17.2. The number of hydrogen-bond acceptors (Lipinski definition) is 1. The molecule has 0 amide bonds. The lowest BCUT2D eigenvalue weighted by Crippen LogP contribution is -2.36. The van der Waals surface area contributed by atoms with Crippen LogP contribution < -0.4 is 0 Å². The summed E-state index contributed by atoms with van der Waals surface area (Å²) in [6, 6.07) is 0. The van der Waals surface area contributed by atoms with E-state index in [-0.39, 0.29) is 15.6 Å². The van der Waals surface area contributed by atoms with Gasteiger partial charge in [-0.05, 0) is 75.8 Å². The SMILES string of the molecule is CC[C@@H]1CCCP1B(N(C)C)P1[C@H](CC)CC[C@H]1CC. The van der Waals surface area contributed by atoms with Crippen LogP contribution in [0.25, 0.3) is 0 Å². The average molecular weight is 313 g/mol. The van der Waals surface area contributed by atoms with E-state index in [9.17, 15) is 0 Å². The summed E-state index contributed by atoms with van der Waals surface area (Å²) in [5.41, 5.74) is 3.22. The van der Waals surface area contributed by atoms with Crippen molar-refractivity contribution >= 4 is 21.9 Å². The summed E-state index contributed by atoms with van der Waals surface area (Å²) in [6.07, 6.45) is 13.0. The second kappa shape index (κ2) is 7.94. The summed E-state index contributed by atoms with van der Waals surface area (Å²) in [5, 5.41) is 0. The first-order valence-electron chi connectivity index (χ1n) is 8.83. The lowest BCUT2D eigenvalue weighted by Gasteiger charge is -2.40. The lowest BCUT2D eigenvalue weighted by molar-refractivity contribution is 0.665. The van der Waals surface area contributed by atoms with E-state index < -0.39 is 0 Å². The third kappa shape index (κ3) is 3.44. The third-order valence-corrected chi connectivity index (χ3v) is 14.6. The van der Waals surface area contributed by atoms with E-state index in [1.165, 1.54) is 44.9 Å².